The summed E-state index contributed by atoms with van der Waals surface area (Å²) in [5.74, 6) is 0.00466. The van der Waals surface area contributed by atoms with E-state index in [2.05, 4.69) is 20.8 Å². The Labute approximate surface area is 127 Å². The van der Waals surface area contributed by atoms with Crippen LogP contribution in [-0.4, -0.2) is 25.2 Å². The predicted molar refractivity (Wildman–Crippen MR) is 85.3 cm³/mol. The van der Waals surface area contributed by atoms with Crippen LogP contribution < -0.4 is 0 Å². The van der Waals surface area contributed by atoms with Gasteiger partial charge in [0.15, 0.2) is 15.6 Å². The second-order valence-corrected chi connectivity index (χ2v) is 9.24. The third-order valence-electron chi connectivity index (χ3n) is 4.14. The van der Waals surface area contributed by atoms with E-state index in [9.17, 15) is 13.2 Å². The Morgan fingerprint density at radius 1 is 1.14 bits per heavy atom. The van der Waals surface area contributed by atoms with Crippen LogP contribution in [-0.2, 0) is 26.5 Å². The Balaban J connectivity index is 2.09. The highest BCUT2D eigenvalue weighted by Crippen LogP contribution is 2.24. The maximum Gasteiger partial charge on any atom is 0.160 e. The third-order valence-corrected chi connectivity index (χ3v) is 6.36. The van der Waals surface area contributed by atoms with E-state index < -0.39 is 15.1 Å². The van der Waals surface area contributed by atoms with Crippen LogP contribution in [0.2, 0.25) is 0 Å². The third kappa shape index (κ3) is 3.94. The summed E-state index contributed by atoms with van der Waals surface area (Å²) in [7, 11) is -3.22. The average Bonchev–Trinajstić information content (AvgIpc) is 2.37. The van der Waals surface area contributed by atoms with Gasteiger partial charge in [-0.2, -0.15) is 0 Å². The molecule has 4 heteroatoms. The van der Waals surface area contributed by atoms with Gasteiger partial charge >= 0.3 is 0 Å². The largest absolute Gasteiger partial charge is 0.298 e. The standard InChI is InChI=1S/C17H24O3S/c1-17(2,3)14-9-7-13(8-10-14)12-15(18)16-6-4-5-11-21(16,19)20/h7-10,16H,4-6,11-12H2,1-3H3. The summed E-state index contributed by atoms with van der Waals surface area (Å²) < 4.78 is 24.0. The fraction of sp³-hybridized carbons (Fsp3) is 0.588. The first-order valence-corrected chi connectivity index (χ1v) is 9.25. The SMILES string of the molecule is CC(C)(C)c1ccc(CC(=O)C2CCCCS2(=O)=O)cc1. The van der Waals surface area contributed by atoms with Gasteiger partial charge in [-0.15, -0.1) is 0 Å². The van der Waals surface area contributed by atoms with E-state index in [4.69, 9.17) is 0 Å². The van der Waals surface area contributed by atoms with Gasteiger partial charge in [-0.25, -0.2) is 8.42 Å². The van der Waals surface area contributed by atoms with Crippen LogP contribution in [0.1, 0.15) is 51.2 Å². The Hall–Kier alpha value is -1.16. The van der Waals surface area contributed by atoms with Crippen LogP contribution in [0, 0.1) is 0 Å². The fourth-order valence-electron chi connectivity index (χ4n) is 2.75. The van der Waals surface area contributed by atoms with Crippen LogP contribution in [0.5, 0.6) is 0 Å². The lowest BCUT2D eigenvalue weighted by Crippen LogP contribution is -2.36. The van der Waals surface area contributed by atoms with Crippen molar-refractivity contribution in [3.8, 4) is 0 Å². The molecule has 0 spiro atoms. The molecule has 1 saturated heterocycles. The summed E-state index contributed by atoms with van der Waals surface area (Å²) >= 11 is 0. The molecule has 1 aliphatic rings. The Morgan fingerprint density at radius 2 is 1.76 bits per heavy atom. The minimum atomic E-state index is -3.22. The Bertz CT molecular complexity index is 606. The molecule has 116 valence electrons. The summed E-state index contributed by atoms with van der Waals surface area (Å²) in [4.78, 5) is 12.3. The van der Waals surface area contributed by atoms with E-state index in [1.54, 1.807) is 0 Å². The smallest absolute Gasteiger partial charge is 0.160 e. The van der Waals surface area contributed by atoms with Crippen molar-refractivity contribution in [1.29, 1.82) is 0 Å². The number of Topliss-reactive ketones (excluding diaryl/α,β-unsaturated/α-hetero) is 1. The molecule has 1 aromatic carbocycles. The summed E-state index contributed by atoms with van der Waals surface area (Å²) in [6.07, 6.45) is 2.22. The number of hydrogen-bond donors (Lipinski definition) is 0. The average molecular weight is 308 g/mol. The molecule has 1 aromatic rings. The highest BCUT2D eigenvalue weighted by molar-refractivity contribution is 7.92. The zero-order chi connectivity index (χ0) is 15.7. The number of sulfone groups is 1. The number of ketones is 1. The lowest BCUT2D eigenvalue weighted by atomic mass is 9.86. The molecule has 1 aliphatic heterocycles. The second-order valence-electron chi connectivity index (χ2n) is 6.94. The van der Waals surface area contributed by atoms with Crippen molar-refractivity contribution >= 4 is 15.6 Å². The summed E-state index contributed by atoms with van der Waals surface area (Å²) in [6.45, 7) is 6.42. The molecule has 21 heavy (non-hydrogen) atoms. The molecule has 1 fully saturated rings. The van der Waals surface area contributed by atoms with Crippen LogP contribution in [0.25, 0.3) is 0 Å². The van der Waals surface area contributed by atoms with Crippen LogP contribution in [0.15, 0.2) is 24.3 Å². The summed E-state index contributed by atoms with van der Waals surface area (Å²) in [6, 6.07) is 7.93. The van der Waals surface area contributed by atoms with Gasteiger partial charge in [0, 0.05) is 6.42 Å². The van der Waals surface area contributed by atoms with E-state index >= 15 is 0 Å². The quantitative estimate of drug-likeness (QED) is 0.862. The molecule has 0 saturated carbocycles. The molecule has 0 bridgehead atoms. The zero-order valence-corrected chi connectivity index (χ0v) is 13.9. The first-order valence-electron chi connectivity index (χ1n) is 7.54. The topological polar surface area (TPSA) is 51.2 Å². The van der Waals surface area contributed by atoms with Gasteiger partial charge in [0.25, 0.3) is 0 Å². The van der Waals surface area contributed by atoms with Crippen LogP contribution in [0.3, 0.4) is 0 Å². The minimum Gasteiger partial charge on any atom is -0.298 e. The lowest BCUT2D eigenvalue weighted by Gasteiger charge is -2.21. The Morgan fingerprint density at radius 3 is 2.29 bits per heavy atom. The molecule has 0 N–H and O–H groups in total. The lowest BCUT2D eigenvalue weighted by molar-refractivity contribution is -0.118. The molecule has 1 atom stereocenters. The minimum absolute atomic E-state index is 0.0786. The van der Waals surface area contributed by atoms with Gasteiger partial charge < -0.3 is 0 Å². The number of rotatable bonds is 3. The van der Waals surface area contributed by atoms with E-state index in [0.717, 1.165) is 12.0 Å². The number of benzene rings is 1. The Kier molecular flexibility index (Phi) is 4.57. The molecule has 0 amide bonds. The van der Waals surface area contributed by atoms with E-state index in [-0.39, 0.29) is 23.4 Å². The highest BCUT2D eigenvalue weighted by atomic mass is 32.2. The van der Waals surface area contributed by atoms with Crippen molar-refractivity contribution in [3.63, 3.8) is 0 Å². The highest BCUT2D eigenvalue weighted by Gasteiger charge is 2.34. The number of carbonyl (C=O) groups is 1. The van der Waals surface area contributed by atoms with Gasteiger partial charge in [0.2, 0.25) is 0 Å². The molecule has 1 unspecified atom stereocenters. The molecule has 1 heterocycles. The predicted octanol–water partition coefficient (Wildman–Crippen LogP) is 3.06. The summed E-state index contributed by atoms with van der Waals surface area (Å²) in [5, 5.41) is -0.784. The van der Waals surface area contributed by atoms with Gasteiger partial charge in [0.1, 0.15) is 5.25 Å². The number of carbonyl (C=O) groups excluding carboxylic acids is 1. The van der Waals surface area contributed by atoms with Crippen molar-refractivity contribution in [3.05, 3.63) is 35.4 Å². The van der Waals surface area contributed by atoms with E-state index in [1.807, 2.05) is 24.3 Å². The molecule has 0 aliphatic carbocycles. The number of hydrogen-bond acceptors (Lipinski definition) is 3. The monoisotopic (exact) mass is 308 g/mol. The van der Waals surface area contributed by atoms with Crippen LogP contribution >= 0.6 is 0 Å². The van der Waals surface area contributed by atoms with Gasteiger partial charge in [-0.1, -0.05) is 51.5 Å². The van der Waals surface area contributed by atoms with Crippen molar-refractivity contribution in [1.82, 2.24) is 0 Å². The maximum absolute atomic E-state index is 12.3. The molecular formula is C17H24O3S. The van der Waals surface area contributed by atoms with Gasteiger partial charge in [0.05, 0.1) is 5.75 Å². The van der Waals surface area contributed by atoms with Crippen molar-refractivity contribution in [2.45, 2.75) is 57.1 Å². The molecule has 0 radical (unpaired) electrons. The first-order chi connectivity index (χ1) is 9.70. The molecule has 2 rings (SSSR count). The van der Waals surface area contributed by atoms with Crippen LogP contribution in [0.4, 0.5) is 0 Å². The molecule has 3 nitrogen and oxygen atoms in total. The second kappa shape index (κ2) is 5.91. The summed E-state index contributed by atoms with van der Waals surface area (Å²) in [5.41, 5.74) is 2.19. The van der Waals surface area contributed by atoms with E-state index in [0.29, 0.717) is 12.8 Å². The normalized spacial score (nSPS) is 22.0. The van der Waals surface area contributed by atoms with Gasteiger partial charge in [-0.3, -0.25) is 4.79 Å². The molecule has 0 aromatic heterocycles. The van der Waals surface area contributed by atoms with Crippen molar-refractivity contribution < 1.29 is 13.2 Å². The van der Waals surface area contributed by atoms with E-state index in [1.165, 1.54) is 5.56 Å². The van der Waals surface area contributed by atoms with Gasteiger partial charge in [-0.05, 0) is 29.4 Å². The maximum atomic E-state index is 12.3. The first kappa shape index (κ1) is 16.2. The van der Waals surface area contributed by atoms with Crippen molar-refractivity contribution in [2.75, 3.05) is 5.75 Å². The molecular weight excluding hydrogens is 284 g/mol. The fourth-order valence-corrected chi connectivity index (χ4v) is 4.65. The van der Waals surface area contributed by atoms with Crippen molar-refractivity contribution in [2.24, 2.45) is 0 Å². The zero-order valence-electron chi connectivity index (χ0n) is 13.1.